The van der Waals surface area contributed by atoms with Gasteiger partial charge in [0.25, 0.3) is 5.91 Å². The standard InChI is InChI=1S/C28H25N2O3PS/c29-24-14-13-21(27-8-3-15-35-27)17-25(24)30-28(31)20-11-9-18(10-12-20)16-23-22(19-4-1-5-19)6-2-7-26(23)33-34-32/h2-3,6-15,17,19,34H,1,4-5,16,29H2/p+1. The Kier molecular flexibility index (Phi) is 6.94. The number of amides is 1. The lowest BCUT2D eigenvalue weighted by atomic mass is 9.77. The SMILES string of the molecule is Nc1ccc(-c2cccs2)cc1NC(=O)c1ccc(Cc2c(O[PH+]=O)cccc2C2CCC2)cc1. The second-order valence-corrected chi connectivity index (χ2v) is 10.1. The molecule has 1 aliphatic rings. The molecule has 0 radical (unpaired) electrons. The maximum atomic E-state index is 12.9. The van der Waals surface area contributed by atoms with Gasteiger partial charge in [0.2, 0.25) is 0 Å². The Morgan fingerprint density at radius 3 is 2.57 bits per heavy atom. The summed E-state index contributed by atoms with van der Waals surface area (Å²) in [6, 6.07) is 23.3. The van der Waals surface area contributed by atoms with Gasteiger partial charge in [0, 0.05) is 22.4 Å². The molecule has 1 aromatic heterocycles. The van der Waals surface area contributed by atoms with Gasteiger partial charge in [-0.2, -0.15) is 0 Å². The van der Waals surface area contributed by atoms with Gasteiger partial charge in [0.05, 0.1) is 11.4 Å². The molecule has 1 heterocycles. The number of anilines is 2. The van der Waals surface area contributed by atoms with Crippen molar-refractivity contribution in [2.45, 2.75) is 31.6 Å². The van der Waals surface area contributed by atoms with Crippen LogP contribution in [0.2, 0.25) is 0 Å². The first-order chi connectivity index (χ1) is 17.1. The van der Waals surface area contributed by atoms with Crippen LogP contribution in [0.15, 0.2) is 78.2 Å². The largest absolute Gasteiger partial charge is 0.542 e. The highest BCUT2D eigenvalue weighted by molar-refractivity contribution is 7.17. The summed E-state index contributed by atoms with van der Waals surface area (Å²) in [5, 5.41) is 4.97. The number of carbonyl (C=O) groups is 1. The van der Waals surface area contributed by atoms with Gasteiger partial charge in [-0.25, -0.2) is 0 Å². The molecular formula is C28H26N2O3PS+. The Morgan fingerprint density at radius 2 is 1.89 bits per heavy atom. The fourth-order valence-electron chi connectivity index (χ4n) is 4.45. The van der Waals surface area contributed by atoms with Crippen molar-refractivity contribution in [3.63, 3.8) is 0 Å². The maximum Gasteiger partial charge on any atom is 0.542 e. The zero-order chi connectivity index (χ0) is 24.2. The van der Waals surface area contributed by atoms with Gasteiger partial charge in [-0.1, -0.05) is 42.8 Å². The van der Waals surface area contributed by atoms with E-state index in [1.807, 2.05) is 72.1 Å². The molecule has 176 valence electrons. The highest BCUT2D eigenvalue weighted by Gasteiger charge is 2.25. The zero-order valence-corrected chi connectivity index (χ0v) is 20.9. The number of nitrogens with two attached hydrogens (primary N) is 1. The summed E-state index contributed by atoms with van der Waals surface area (Å²) in [5.41, 5.74) is 12.2. The van der Waals surface area contributed by atoms with Crippen LogP contribution < -0.4 is 15.6 Å². The first-order valence-corrected chi connectivity index (χ1v) is 13.3. The van der Waals surface area contributed by atoms with E-state index >= 15 is 0 Å². The molecule has 1 fully saturated rings. The van der Waals surface area contributed by atoms with Gasteiger partial charge < -0.3 is 11.1 Å². The van der Waals surface area contributed by atoms with Gasteiger partial charge in [0.15, 0.2) is 5.75 Å². The molecule has 0 aliphatic heterocycles. The second kappa shape index (κ2) is 10.4. The summed E-state index contributed by atoms with van der Waals surface area (Å²) < 4.78 is 16.6. The average molecular weight is 502 g/mol. The number of carbonyl (C=O) groups excluding carboxylic acids is 1. The quantitative estimate of drug-likeness (QED) is 0.194. The van der Waals surface area contributed by atoms with E-state index in [4.69, 9.17) is 10.3 Å². The second-order valence-electron chi connectivity index (χ2n) is 8.74. The van der Waals surface area contributed by atoms with Crippen molar-refractivity contribution in [3.05, 3.63) is 100 Å². The Morgan fingerprint density at radius 1 is 1.06 bits per heavy atom. The molecule has 5 rings (SSSR count). The van der Waals surface area contributed by atoms with Crippen molar-refractivity contribution in [1.82, 2.24) is 0 Å². The molecule has 1 unspecified atom stereocenters. The minimum absolute atomic E-state index is 0.210. The highest BCUT2D eigenvalue weighted by atomic mass is 32.1. The Labute approximate surface area is 210 Å². The van der Waals surface area contributed by atoms with E-state index in [0.29, 0.717) is 35.0 Å². The predicted octanol–water partition coefficient (Wildman–Crippen LogP) is 7.43. The molecule has 4 aromatic rings. The Hall–Kier alpha value is -3.47. The maximum absolute atomic E-state index is 12.9. The molecule has 0 spiro atoms. The van der Waals surface area contributed by atoms with Crippen molar-refractivity contribution in [3.8, 4) is 16.2 Å². The highest BCUT2D eigenvalue weighted by Crippen LogP contribution is 2.41. The van der Waals surface area contributed by atoms with Crippen LogP contribution in [0.3, 0.4) is 0 Å². The fourth-order valence-corrected chi connectivity index (χ4v) is 5.45. The first kappa shape index (κ1) is 23.3. The van der Waals surface area contributed by atoms with Crippen LogP contribution in [0, 0.1) is 0 Å². The molecule has 1 amide bonds. The molecule has 1 aliphatic carbocycles. The van der Waals surface area contributed by atoms with Crippen molar-refractivity contribution >= 4 is 37.3 Å². The summed E-state index contributed by atoms with van der Waals surface area (Å²) in [6.07, 6.45) is 4.24. The molecule has 1 saturated carbocycles. The molecule has 0 saturated heterocycles. The molecular weight excluding hydrogens is 475 g/mol. The van der Waals surface area contributed by atoms with E-state index in [1.165, 1.54) is 24.8 Å². The van der Waals surface area contributed by atoms with E-state index in [2.05, 4.69) is 11.4 Å². The lowest BCUT2D eigenvalue weighted by molar-refractivity contribution is 0.102. The molecule has 5 nitrogen and oxygen atoms in total. The summed E-state index contributed by atoms with van der Waals surface area (Å²) in [7, 11) is -0.841. The monoisotopic (exact) mass is 501 g/mol. The van der Waals surface area contributed by atoms with Gasteiger partial charge in [-0.3, -0.25) is 9.32 Å². The van der Waals surface area contributed by atoms with Crippen LogP contribution in [0.25, 0.3) is 10.4 Å². The number of hydrogen-bond acceptors (Lipinski definition) is 5. The van der Waals surface area contributed by atoms with Crippen LogP contribution >= 0.6 is 20.0 Å². The number of thiophene rings is 1. The van der Waals surface area contributed by atoms with Gasteiger partial charge >= 0.3 is 8.69 Å². The van der Waals surface area contributed by atoms with E-state index in [-0.39, 0.29) is 5.91 Å². The minimum atomic E-state index is -0.841. The lowest BCUT2D eigenvalue weighted by Crippen LogP contribution is -2.13. The molecule has 3 N–H and O–H groups in total. The zero-order valence-electron chi connectivity index (χ0n) is 19.1. The van der Waals surface area contributed by atoms with E-state index in [1.54, 1.807) is 11.3 Å². The fraction of sp³-hybridized carbons (Fsp3) is 0.179. The molecule has 35 heavy (non-hydrogen) atoms. The Balaban J connectivity index is 1.33. The topological polar surface area (TPSA) is 81.4 Å². The number of nitrogen functional groups attached to an aromatic ring is 1. The van der Waals surface area contributed by atoms with Crippen LogP contribution in [0.1, 0.15) is 52.2 Å². The molecule has 0 bridgehead atoms. The Bertz CT molecular complexity index is 1350. The van der Waals surface area contributed by atoms with Gasteiger partial charge in [-0.05, 0) is 81.8 Å². The van der Waals surface area contributed by atoms with Gasteiger partial charge in [-0.15, -0.1) is 11.3 Å². The smallest absolute Gasteiger partial charge is 0.397 e. The molecule has 7 heteroatoms. The molecule has 1 atom stereocenters. The molecule has 3 aromatic carbocycles. The van der Waals surface area contributed by atoms with E-state index in [9.17, 15) is 9.36 Å². The van der Waals surface area contributed by atoms with Crippen LogP contribution in [0.4, 0.5) is 11.4 Å². The van der Waals surface area contributed by atoms with Crippen molar-refractivity contribution in [2.75, 3.05) is 11.1 Å². The summed E-state index contributed by atoms with van der Waals surface area (Å²) in [5.74, 6) is 0.993. The van der Waals surface area contributed by atoms with Crippen molar-refractivity contribution < 1.29 is 13.9 Å². The van der Waals surface area contributed by atoms with E-state index < -0.39 is 8.69 Å². The van der Waals surface area contributed by atoms with Crippen molar-refractivity contribution in [2.24, 2.45) is 0 Å². The van der Waals surface area contributed by atoms with Crippen LogP contribution in [-0.2, 0) is 11.0 Å². The van der Waals surface area contributed by atoms with Crippen LogP contribution in [0.5, 0.6) is 5.75 Å². The number of nitrogens with one attached hydrogen (secondary N) is 1. The summed E-state index contributed by atoms with van der Waals surface area (Å²) in [4.78, 5) is 14.1. The van der Waals surface area contributed by atoms with Crippen LogP contribution in [-0.4, -0.2) is 5.91 Å². The normalized spacial score (nSPS) is 13.4. The lowest BCUT2D eigenvalue weighted by Gasteiger charge is -2.28. The summed E-state index contributed by atoms with van der Waals surface area (Å²) in [6.45, 7) is 0. The summed E-state index contributed by atoms with van der Waals surface area (Å²) >= 11 is 1.64. The third-order valence-electron chi connectivity index (χ3n) is 6.57. The third kappa shape index (κ3) is 5.14. The third-order valence-corrected chi connectivity index (χ3v) is 7.79. The predicted molar refractivity (Wildman–Crippen MR) is 144 cm³/mol. The van der Waals surface area contributed by atoms with Crippen molar-refractivity contribution in [1.29, 1.82) is 0 Å². The first-order valence-electron chi connectivity index (χ1n) is 11.6. The number of benzene rings is 3. The van der Waals surface area contributed by atoms with E-state index in [0.717, 1.165) is 21.6 Å². The number of hydrogen-bond donors (Lipinski definition) is 2. The average Bonchev–Trinajstić information content (AvgIpc) is 3.37. The van der Waals surface area contributed by atoms with Gasteiger partial charge in [0.1, 0.15) is 0 Å². The number of rotatable bonds is 8. The minimum Gasteiger partial charge on any atom is -0.397 e.